The van der Waals surface area contributed by atoms with Gasteiger partial charge in [-0.25, -0.2) is 8.78 Å². The lowest BCUT2D eigenvalue weighted by molar-refractivity contribution is -0.123. The van der Waals surface area contributed by atoms with E-state index in [1.54, 1.807) is 0 Å². The summed E-state index contributed by atoms with van der Waals surface area (Å²) >= 11 is 0. The molecule has 0 saturated heterocycles. The van der Waals surface area contributed by atoms with Crippen molar-refractivity contribution < 1.29 is 18.4 Å². The summed E-state index contributed by atoms with van der Waals surface area (Å²) in [4.78, 5) is 24.4. The standard InChI is InChI=1S/C21H24F2N2O2/c1-12(2)15-6-5-7-16(13(3)4)21(15)25-20(27)11-19(26)24-14-8-9-17(22)18(23)10-14/h5-10,12-13H,11H2,1-4H3,(H,24,26)(H,25,27). The maximum atomic E-state index is 13.2. The average Bonchev–Trinajstić information content (AvgIpc) is 2.57. The molecule has 2 aromatic rings. The zero-order valence-corrected chi connectivity index (χ0v) is 15.9. The summed E-state index contributed by atoms with van der Waals surface area (Å²) in [5.41, 5.74) is 2.82. The van der Waals surface area contributed by atoms with E-state index in [0.717, 1.165) is 28.9 Å². The van der Waals surface area contributed by atoms with Crippen LogP contribution < -0.4 is 10.6 Å². The first-order valence-electron chi connectivity index (χ1n) is 8.86. The molecule has 0 aliphatic rings. The number of hydrogen-bond acceptors (Lipinski definition) is 2. The van der Waals surface area contributed by atoms with Gasteiger partial charge < -0.3 is 10.6 Å². The van der Waals surface area contributed by atoms with Gasteiger partial charge in [0.2, 0.25) is 11.8 Å². The van der Waals surface area contributed by atoms with Crippen molar-refractivity contribution in [3.8, 4) is 0 Å². The maximum Gasteiger partial charge on any atom is 0.233 e. The molecule has 6 heteroatoms. The first kappa shape index (κ1) is 20.6. The molecule has 0 bridgehead atoms. The second-order valence-electron chi connectivity index (χ2n) is 7.02. The van der Waals surface area contributed by atoms with Crippen molar-refractivity contribution >= 4 is 23.2 Å². The van der Waals surface area contributed by atoms with Crippen molar-refractivity contribution in [3.05, 3.63) is 59.2 Å². The predicted octanol–water partition coefficient (Wildman–Crippen LogP) is 5.18. The van der Waals surface area contributed by atoms with Gasteiger partial charge in [0.05, 0.1) is 0 Å². The fraction of sp³-hybridized carbons (Fsp3) is 0.333. The van der Waals surface area contributed by atoms with Gasteiger partial charge in [-0.15, -0.1) is 0 Å². The van der Waals surface area contributed by atoms with Crippen LogP contribution in [-0.4, -0.2) is 11.8 Å². The normalized spacial score (nSPS) is 11.0. The highest BCUT2D eigenvalue weighted by molar-refractivity contribution is 6.08. The number of carbonyl (C=O) groups excluding carboxylic acids is 2. The summed E-state index contributed by atoms with van der Waals surface area (Å²) in [5.74, 6) is -2.73. The molecule has 0 aliphatic carbocycles. The van der Waals surface area contributed by atoms with Crippen LogP contribution in [-0.2, 0) is 9.59 Å². The van der Waals surface area contributed by atoms with Crippen LogP contribution in [0.3, 0.4) is 0 Å². The van der Waals surface area contributed by atoms with Gasteiger partial charge in [-0.1, -0.05) is 45.9 Å². The Morgan fingerprint density at radius 1 is 0.852 bits per heavy atom. The Kier molecular flexibility index (Phi) is 6.66. The number of para-hydroxylation sites is 1. The smallest absolute Gasteiger partial charge is 0.233 e. The van der Waals surface area contributed by atoms with Gasteiger partial charge in [-0.2, -0.15) is 0 Å². The van der Waals surface area contributed by atoms with Crippen LogP contribution in [0.5, 0.6) is 0 Å². The molecule has 2 amide bonds. The van der Waals surface area contributed by atoms with E-state index in [0.29, 0.717) is 0 Å². The zero-order valence-electron chi connectivity index (χ0n) is 15.9. The molecule has 144 valence electrons. The van der Waals surface area contributed by atoms with E-state index in [1.165, 1.54) is 6.07 Å². The Morgan fingerprint density at radius 2 is 1.41 bits per heavy atom. The van der Waals surface area contributed by atoms with Crippen LogP contribution in [0.15, 0.2) is 36.4 Å². The van der Waals surface area contributed by atoms with Crippen LogP contribution >= 0.6 is 0 Å². The Hall–Kier alpha value is -2.76. The van der Waals surface area contributed by atoms with Crippen LogP contribution in [0.1, 0.15) is 57.1 Å². The third-order valence-corrected chi connectivity index (χ3v) is 4.16. The minimum atomic E-state index is -1.07. The highest BCUT2D eigenvalue weighted by Crippen LogP contribution is 2.32. The van der Waals surface area contributed by atoms with Gasteiger partial charge in [-0.05, 0) is 35.1 Å². The number of nitrogens with one attached hydrogen (secondary N) is 2. The van der Waals surface area contributed by atoms with Gasteiger partial charge >= 0.3 is 0 Å². The largest absolute Gasteiger partial charge is 0.326 e. The molecular weight excluding hydrogens is 350 g/mol. The summed E-state index contributed by atoms with van der Waals surface area (Å²) in [5, 5.41) is 5.24. The highest BCUT2D eigenvalue weighted by atomic mass is 19.2. The van der Waals surface area contributed by atoms with Crippen molar-refractivity contribution in [2.75, 3.05) is 10.6 Å². The van der Waals surface area contributed by atoms with Gasteiger partial charge in [-0.3, -0.25) is 9.59 Å². The molecule has 27 heavy (non-hydrogen) atoms. The molecule has 0 radical (unpaired) electrons. The van der Waals surface area contributed by atoms with Crippen molar-refractivity contribution in [2.45, 2.75) is 46.0 Å². The third kappa shape index (κ3) is 5.36. The summed E-state index contributed by atoms with van der Waals surface area (Å²) in [6, 6.07) is 8.88. The highest BCUT2D eigenvalue weighted by Gasteiger charge is 2.18. The number of carbonyl (C=O) groups is 2. The van der Waals surface area contributed by atoms with Crippen LogP contribution in [0.25, 0.3) is 0 Å². The summed E-state index contributed by atoms with van der Waals surface area (Å²) in [6.07, 6.45) is -0.428. The molecular formula is C21H24F2N2O2. The second kappa shape index (κ2) is 8.75. The minimum absolute atomic E-state index is 0.0946. The monoisotopic (exact) mass is 374 g/mol. The topological polar surface area (TPSA) is 58.2 Å². The van der Waals surface area contributed by atoms with Crippen molar-refractivity contribution in [2.24, 2.45) is 0 Å². The number of hydrogen-bond donors (Lipinski definition) is 2. The van der Waals surface area contributed by atoms with Gasteiger partial charge in [0.15, 0.2) is 11.6 Å². The molecule has 0 spiro atoms. The summed E-state index contributed by atoms with van der Waals surface area (Å²) in [7, 11) is 0. The molecule has 2 N–H and O–H groups in total. The van der Waals surface area contributed by atoms with E-state index in [2.05, 4.69) is 10.6 Å². The molecule has 0 heterocycles. The van der Waals surface area contributed by atoms with Crippen LogP contribution in [0.2, 0.25) is 0 Å². The summed E-state index contributed by atoms with van der Waals surface area (Å²) < 4.78 is 26.2. The Labute approximate surface area is 158 Å². The molecule has 0 saturated carbocycles. The van der Waals surface area contributed by atoms with E-state index in [4.69, 9.17) is 0 Å². The Morgan fingerprint density at radius 3 is 1.93 bits per heavy atom. The van der Waals surface area contributed by atoms with E-state index < -0.39 is 29.9 Å². The quantitative estimate of drug-likeness (QED) is 0.685. The van der Waals surface area contributed by atoms with E-state index in [1.807, 2.05) is 45.9 Å². The second-order valence-corrected chi connectivity index (χ2v) is 7.02. The first-order valence-corrected chi connectivity index (χ1v) is 8.86. The molecule has 0 fully saturated rings. The maximum absolute atomic E-state index is 13.2. The molecule has 0 unspecified atom stereocenters. The van der Waals surface area contributed by atoms with E-state index in [9.17, 15) is 18.4 Å². The Balaban J connectivity index is 2.11. The molecule has 0 aliphatic heterocycles. The lowest BCUT2D eigenvalue weighted by Gasteiger charge is -2.20. The summed E-state index contributed by atoms with van der Waals surface area (Å²) in [6.45, 7) is 8.13. The molecule has 0 atom stereocenters. The first-order chi connectivity index (χ1) is 12.7. The molecule has 2 rings (SSSR count). The predicted molar refractivity (Wildman–Crippen MR) is 103 cm³/mol. The average molecular weight is 374 g/mol. The molecule has 0 aromatic heterocycles. The van der Waals surface area contributed by atoms with Gasteiger partial charge in [0, 0.05) is 17.4 Å². The van der Waals surface area contributed by atoms with E-state index in [-0.39, 0.29) is 17.5 Å². The van der Waals surface area contributed by atoms with Crippen LogP contribution in [0.4, 0.5) is 20.2 Å². The number of benzene rings is 2. The van der Waals surface area contributed by atoms with Crippen LogP contribution in [0, 0.1) is 11.6 Å². The SMILES string of the molecule is CC(C)c1cccc(C(C)C)c1NC(=O)CC(=O)Nc1ccc(F)c(F)c1. The van der Waals surface area contributed by atoms with Crippen molar-refractivity contribution in [3.63, 3.8) is 0 Å². The Bertz CT molecular complexity index is 822. The zero-order chi connectivity index (χ0) is 20.1. The minimum Gasteiger partial charge on any atom is -0.326 e. The molecule has 2 aromatic carbocycles. The fourth-order valence-electron chi connectivity index (χ4n) is 2.80. The van der Waals surface area contributed by atoms with E-state index >= 15 is 0 Å². The van der Waals surface area contributed by atoms with Gasteiger partial charge in [0.25, 0.3) is 0 Å². The number of anilines is 2. The van der Waals surface area contributed by atoms with Crippen molar-refractivity contribution in [1.29, 1.82) is 0 Å². The number of rotatable bonds is 6. The fourth-order valence-corrected chi connectivity index (χ4v) is 2.80. The lowest BCUT2D eigenvalue weighted by Crippen LogP contribution is -2.23. The third-order valence-electron chi connectivity index (χ3n) is 4.16. The lowest BCUT2D eigenvalue weighted by atomic mass is 9.92. The van der Waals surface area contributed by atoms with Gasteiger partial charge in [0.1, 0.15) is 6.42 Å². The molecule has 4 nitrogen and oxygen atoms in total. The number of amides is 2. The number of halogens is 2. The van der Waals surface area contributed by atoms with Crippen molar-refractivity contribution in [1.82, 2.24) is 0 Å².